The Bertz CT molecular complexity index is 387. The molecule has 0 saturated carbocycles. The Hall–Kier alpha value is -1.36. The summed E-state index contributed by atoms with van der Waals surface area (Å²) in [6.45, 7) is 4.13. The van der Waals surface area contributed by atoms with Crippen LogP contribution in [0.25, 0.3) is 0 Å². The van der Waals surface area contributed by atoms with Crippen LogP contribution in [0.3, 0.4) is 0 Å². The fourth-order valence-corrected chi connectivity index (χ4v) is 2.04. The second-order valence-electron chi connectivity index (χ2n) is 4.20. The van der Waals surface area contributed by atoms with Crippen molar-refractivity contribution in [1.82, 2.24) is 15.5 Å². The first kappa shape index (κ1) is 12.1. The third-order valence-electron chi connectivity index (χ3n) is 2.94. The van der Waals surface area contributed by atoms with Gasteiger partial charge >= 0.3 is 0 Å². The van der Waals surface area contributed by atoms with E-state index in [1.165, 1.54) is 0 Å². The summed E-state index contributed by atoms with van der Waals surface area (Å²) in [7, 11) is 0. The fraction of sp³-hybridized carbons (Fsp3) is 0.667. The third-order valence-corrected chi connectivity index (χ3v) is 2.94. The largest absolute Gasteiger partial charge is 0.381 e. The van der Waals surface area contributed by atoms with Gasteiger partial charge in [-0.1, -0.05) is 6.92 Å². The van der Waals surface area contributed by atoms with Crippen LogP contribution in [0, 0.1) is 0 Å². The maximum atomic E-state index is 12.1. The summed E-state index contributed by atoms with van der Waals surface area (Å²) in [5, 5.41) is 10.1. The Morgan fingerprint density at radius 2 is 2.18 bits per heavy atom. The lowest BCUT2D eigenvalue weighted by Crippen LogP contribution is -2.26. The van der Waals surface area contributed by atoms with E-state index >= 15 is 0 Å². The number of nitrogens with one attached hydrogen (secondary N) is 2. The highest BCUT2D eigenvalue weighted by Crippen LogP contribution is 2.14. The predicted molar refractivity (Wildman–Crippen MR) is 64.1 cm³/mol. The summed E-state index contributed by atoms with van der Waals surface area (Å²) in [5.74, 6) is -0.00694. The van der Waals surface area contributed by atoms with Gasteiger partial charge in [0, 0.05) is 25.5 Å². The molecule has 17 heavy (non-hydrogen) atoms. The predicted octanol–water partition coefficient (Wildman–Crippen LogP) is 1.05. The van der Waals surface area contributed by atoms with Gasteiger partial charge in [0.25, 0.3) is 5.91 Å². The van der Waals surface area contributed by atoms with Crippen molar-refractivity contribution < 1.29 is 9.53 Å². The monoisotopic (exact) mass is 237 g/mol. The Morgan fingerprint density at radius 1 is 1.35 bits per heavy atom. The van der Waals surface area contributed by atoms with E-state index in [2.05, 4.69) is 15.5 Å². The normalized spacial score (nSPS) is 18.1. The molecular weight excluding hydrogens is 218 g/mol. The maximum absolute atomic E-state index is 12.1. The van der Waals surface area contributed by atoms with E-state index in [4.69, 9.17) is 4.74 Å². The van der Waals surface area contributed by atoms with E-state index in [1.807, 2.05) is 6.92 Å². The molecule has 0 saturated heterocycles. The van der Waals surface area contributed by atoms with Gasteiger partial charge in [-0.05, 0) is 25.7 Å². The van der Waals surface area contributed by atoms with Gasteiger partial charge in [0.05, 0.1) is 11.3 Å². The van der Waals surface area contributed by atoms with Crippen LogP contribution in [-0.2, 0) is 17.6 Å². The summed E-state index contributed by atoms with van der Waals surface area (Å²) in [6.07, 6.45) is 3.37. The minimum atomic E-state index is -0.00694. The number of amides is 1. The number of carbonyl (C=O) groups is 1. The number of hydrogen-bond donors (Lipinski definition) is 2. The summed E-state index contributed by atoms with van der Waals surface area (Å²) in [4.78, 5) is 12.1. The molecule has 5 heteroatoms. The number of hydrogen-bond acceptors (Lipinski definition) is 3. The second-order valence-corrected chi connectivity index (χ2v) is 4.20. The average Bonchev–Trinajstić information content (AvgIpc) is 2.73. The first-order valence-electron chi connectivity index (χ1n) is 6.25. The molecule has 94 valence electrons. The van der Waals surface area contributed by atoms with E-state index < -0.39 is 0 Å². The standard InChI is InChI=1S/C12H19N3O2/c1-2-9-11-10(15-14-9)5-3-7-17-8-4-6-13-12(11)16/h2-8H2,1H3,(H,13,16)(H,14,15). The number of H-pyrrole nitrogens is 1. The van der Waals surface area contributed by atoms with Crippen LogP contribution in [0.15, 0.2) is 0 Å². The Balaban J connectivity index is 2.22. The van der Waals surface area contributed by atoms with E-state index in [0.717, 1.165) is 49.2 Å². The Morgan fingerprint density at radius 3 is 3.00 bits per heavy atom. The molecule has 2 rings (SSSR count). The number of rotatable bonds is 1. The molecule has 1 amide bonds. The van der Waals surface area contributed by atoms with E-state index in [9.17, 15) is 4.79 Å². The SMILES string of the molecule is CCc1n[nH]c2c1C(=O)NCCCOCCC2. The third kappa shape index (κ3) is 2.85. The molecule has 2 heterocycles. The molecule has 0 spiro atoms. The molecule has 0 aliphatic carbocycles. The number of carbonyl (C=O) groups excluding carboxylic acids is 1. The number of fused-ring (bicyclic) bond motifs is 1. The molecular formula is C12H19N3O2. The van der Waals surface area contributed by atoms with Gasteiger partial charge in [-0.3, -0.25) is 9.89 Å². The average molecular weight is 237 g/mol. The van der Waals surface area contributed by atoms with Crippen molar-refractivity contribution >= 4 is 5.91 Å². The zero-order valence-electron chi connectivity index (χ0n) is 10.2. The maximum Gasteiger partial charge on any atom is 0.255 e. The number of aromatic nitrogens is 2. The minimum absolute atomic E-state index is 0.00694. The van der Waals surface area contributed by atoms with Crippen LogP contribution < -0.4 is 5.32 Å². The van der Waals surface area contributed by atoms with E-state index in [-0.39, 0.29) is 5.91 Å². The van der Waals surface area contributed by atoms with Crippen molar-refractivity contribution in [2.75, 3.05) is 19.8 Å². The lowest BCUT2D eigenvalue weighted by molar-refractivity contribution is 0.0943. The highest BCUT2D eigenvalue weighted by atomic mass is 16.5. The van der Waals surface area contributed by atoms with Gasteiger partial charge in [0.1, 0.15) is 0 Å². The summed E-state index contributed by atoms with van der Waals surface area (Å²) >= 11 is 0. The zero-order valence-corrected chi connectivity index (χ0v) is 10.2. The van der Waals surface area contributed by atoms with Crippen LogP contribution >= 0.6 is 0 Å². The molecule has 2 N–H and O–H groups in total. The number of nitrogens with zero attached hydrogens (tertiary/aromatic N) is 1. The number of aryl methyl sites for hydroxylation is 2. The summed E-state index contributed by atoms with van der Waals surface area (Å²) < 4.78 is 5.46. The van der Waals surface area contributed by atoms with Crippen LogP contribution in [0.4, 0.5) is 0 Å². The lowest BCUT2D eigenvalue weighted by atomic mass is 10.1. The Labute approximate surface area is 101 Å². The molecule has 0 atom stereocenters. The van der Waals surface area contributed by atoms with Crippen LogP contribution in [0.2, 0.25) is 0 Å². The van der Waals surface area contributed by atoms with Crippen molar-refractivity contribution in [2.45, 2.75) is 32.6 Å². The minimum Gasteiger partial charge on any atom is -0.381 e. The second kappa shape index (κ2) is 5.82. The number of aromatic amines is 1. The van der Waals surface area contributed by atoms with E-state index in [0.29, 0.717) is 13.2 Å². The summed E-state index contributed by atoms with van der Waals surface area (Å²) in [5.41, 5.74) is 2.54. The molecule has 1 aliphatic rings. The lowest BCUT2D eigenvalue weighted by Gasteiger charge is -2.05. The highest BCUT2D eigenvalue weighted by molar-refractivity contribution is 5.96. The summed E-state index contributed by atoms with van der Waals surface area (Å²) in [6, 6.07) is 0. The van der Waals surface area contributed by atoms with Gasteiger partial charge in [-0.2, -0.15) is 5.10 Å². The van der Waals surface area contributed by atoms with Crippen molar-refractivity contribution in [3.05, 3.63) is 17.0 Å². The molecule has 1 aromatic heterocycles. The smallest absolute Gasteiger partial charge is 0.255 e. The molecule has 1 aromatic rings. The zero-order chi connectivity index (χ0) is 12.1. The van der Waals surface area contributed by atoms with Gasteiger partial charge < -0.3 is 10.1 Å². The van der Waals surface area contributed by atoms with Crippen molar-refractivity contribution in [3.8, 4) is 0 Å². The quantitative estimate of drug-likeness (QED) is 0.767. The molecule has 0 radical (unpaired) electrons. The van der Waals surface area contributed by atoms with Crippen LogP contribution in [0.1, 0.15) is 41.5 Å². The van der Waals surface area contributed by atoms with Crippen LogP contribution in [-0.4, -0.2) is 35.9 Å². The van der Waals surface area contributed by atoms with Gasteiger partial charge in [-0.15, -0.1) is 0 Å². The highest BCUT2D eigenvalue weighted by Gasteiger charge is 2.19. The Kier molecular flexibility index (Phi) is 4.14. The van der Waals surface area contributed by atoms with Crippen molar-refractivity contribution in [1.29, 1.82) is 0 Å². The van der Waals surface area contributed by atoms with Crippen LogP contribution in [0.5, 0.6) is 0 Å². The topological polar surface area (TPSA) is 67.0 Å². The molecule has 0 bridgehead atoms. The van der Waals surface area contributed by atoms with E-state index in [1.54, 1.807) is 0 Å². The molecule has 0 aromatic carbocycles. The van der Waals surface area contributed by atoms with Crippen molar-refractivity contribution in [3.63, 3.8) is 0 Å². The fourth-order valence-electron chi connectivity index (χ4n) is 2.04. The molecule has 0 fully saturated rings. The number of ether oxygens (including phenoxy) is 1. The van der Waals surface area contributed by atoms with Crippen molar-refractivity contribution in [2.24, 2.45) is 0 Å². The molecule has 5 nitrogen and oxygen atoms in total. The van der Waals surface area contributed by atoms with Gasteiger partial charge in [-0.25, -0.2) is 0 Å². The first-order chi connectivity index (χ1) is 8.33. The van der Waals surface area contributed by atoms with Gasteiger partial charge in [0.2, 0.25) is 0 Å². The molecule has 0 unspecified atom stereocenters. The van der Waals surface area contributed by atoms with Gasteiger partial charge in [0.15, 0.2) is 0 Å². The molecule has 1 aliphatic heterocycles. The first-order valence-corrected chi connectivity index (χ1v) is 6.25.